The van der Waals surface area contributed by atoms with Crippen LogP contribution in [-0.4, -0.2) is 47.4 Å². The molecule has 0 saturated carbocycles. The van der Waals surface area contributed by atoms with Crippen molar-refractivity contribution in [3.05, 3.63) is 57.3 Å². The van der Waals surface area contributed by atoms with E-state index in [0.29, 0.717) is 12.1 Å². The van der Waals surface area contributed by atoms with Crippen molar-refractivity contribution < 1.29 is 24.2 Å². The van der Waals surface area contributed by atoms with E-state index in [2.05, 4.69) is 11.9 Å². The molecule has 1 fully saturated rings. The summed E-state index contributed by atoms with van der Waals surface area (Å²) in [6, 6.07) is 4.04. The van der Waals surface area contributed by atoms with Crippen LogP contribution in [0.25, 0.3) is 5.76 Å². The summed E-state index contributed by atoms with van der Waals surface area (Å²) in [6.07, 6.45) is 5.74. The van der Waals surface area contributed by atoms with Crippen molar-refractivity contribution in [3.8, 4) is 11.5 Å². The number of benzene rings is 1. The number of amides is 1. The predicted octanol–water partition coefficient (Wildman–Crippen LogP) is 5.02. The molecule has 1 atom stereocenters. The summed E-state index contributed by atoms with van der Waals surface area (Å²) in [5.74, 6) is -1.63. The molecule has 7 nitrogen and oxygen atoms in total. The number of hydrogen-bond acceptors (Lipinski definition) is 6. The number of likely N-dealkylation sites (tertiary alicyclic amines) is 1. The fourth-order valence-corrected chi connectivity index (χ4v) is 4.51. The first kappa shape index (κ1) is 23.9. The van der Waals surface area contributed by atoms with E-state index >= 15 is 0 Å². The molecule has 0 spiro atoms. The second-order valence-electron chi connectivity index (χ2n) is 7.27. The number of carbonyl (C=O) groups excluding carboxylic acids is 2. The van der Waals surface area contributed by atoms with Crippen molar-refractivity contribution in [2.75, 3.05) is 20.8 Å². The highest BCUT2D eigenvalue weighted by Crippen LogP contribution is 2.47. The SMILES string of the molecule is CCCCCN1C(=O)C(=O)/C(=C(/O)c2cc(Cl)c(OC)c(Cl)c2OC)C1c1ccncc1. The van der Waals surface area contributed by atoms with Crippen LogP contribution in [0.2, 0.25) is 10.0 Å². The summed E-state index contributed by atoms with van der Waals surface area (Å²) in [5.41, 5.74) is 0.684. The van der Waals surface area contributed by atoms with Crippen LogP contribution < -0.4 is 9.47 Å². The standard InChI is InChI=1S/C23H24Cl2N2O5/c1-4-5-6-11-27-18(13-7-9-26-10-8-13)16(20(29)23(27)30)19(28)14-12-15(24)22(32-3)17(25)21(14)31-2/h7-10,12,18,28H,4-6,11H2,1-3H3/b19-16+. The van der Waals surface area contributed by atoms with Gasteiger partial charge in [-0.15, -0.1) is 0 Å². The van der Waals surface area contributed by atoms with Crippen LogP contribution in [0.4, 0.5) is 0 Å². The number of rotatable bonds is 8. The molecule has 1 aliphatic rings. The number of aliphatic hydroxyl groups excluding tert-OH is 1. The molecule has 0 bridgehead atoms. The first-order valence-corrected chi connectivity index (χ1v) is 10.9. The van der Waals surface area contributed by atoms with E-state index in [4.69, 9.17) is 32.7 Å². The molecule has 0 aliphatic carbocycles. The Morgan fingerprint density at radius 3 is 2.38 bits per heavy atom. The van der Waals surface area contributed by atoms with Gasteiger partial charge in [0, 0.05) is 18.9 Å². The average molecular weight is 479 g/mol. The summed E-state index contributed by atoms with van der Waals surface area (Å²) in [7, 11) is 2.77. The number of halogens is 2. The molecular weight excluding hydrogens is 455 g/mol. The van der Waals surface area contributed by atoms with Crippen LogP contribution in [0, 0.1) is 0 Å². The number of nitrogens with zero attached hydrogens (tertiary/aromatic N) is 2. The minimum atomic E-state index is -0.786. The number of aliphatic hydroxyl groups is 1. The Kier molecular flexibility index (Phi) is 7.64. The lowest BCUT2D eigenvalue weighted by Gasteiger charge is -2.25. The van der Waals surface area contributed by atoms with Crippen LogP contribution in [-0.2, 0) is 9.59 Å². The lowest BCUT2D eigenvalue weighted by atomic mass is 9.95. The van der Waals surface area contributed by atoms with E-state index in [1.165, 1.54) is 25.2 Å². The topological polar surface area (TPSA) is 89.0 Å². The Morgan fingerprint density at radius 2 is 1.78 bits per heavy atom. The number of carbonyl (C=O) groups is 2. The molecule has 3 rings (SSSR count). The summed E-state index contributed by atoms with van der Waals surface area (Å²) in [4.78, 5) is 31.5. The number of hydrogen-bond donors (Lipinski definition) is 1. The van der Waals surface area contributed by atoms with Gasteiger partial charge in [0.1, 0.15) is 10.8 Å². The molecule has 1 unspecified atom stereocenters. The van der Waals surface area contributed by atoms with Gasteiger partial charge in [-0.3, -0.25) is 14.6 Å². The lowest BCUT2D eigenvalue weighted by Crippen LogP contribution is -2.30. The molecule has 0 radical (unpaired) electrons. The Balaban J connectivity index is 2.23. The maximum atomic E-state index is 13.1. The predicted molar refractivity (Wildman–Crippen MR) is 122 cm³/mol. The van der Waals surface area contributed by atoms with Gasteiger partial charge in [-0.05, 0) is 30.2 Å². The summed E-state index contributed by atoms with van der Waals surface area (Å²) in [6.45, 7) is 2.43. The molecule has 170 valence electrons. The van der Waals surface area contributed by atoms with Crippen LogP contribution in [0.1, 0.15) is 43.4 Å². The van der Waals surface area contributed by atoms with E-state index in [1.54, 1.807) is 24.5 Å². The third-order valence-electron chi connectivity index (χ3n) is 5.36. The maximum Gasteiger partial charge on any atom is 0.295 e. The highest BCUT2D eigenvalue weighted by molar-refractivity contribution is 6.47. The molecule has 32 heavy (non-hydrogen) atoms. The van der Waals surface area contributed by atoms with E-state index in [0.717, 1.165) is 19.3 Å². The van der Waals surface area contributed by atoms with Gasteiger partial charge in [0.25, 0.3) is 11.7 Å². The Labute approximate surface area is 196 Å². The van der Waals surface area contributed by atoms with Crippen molar-refractivity contribution in [2.45, 2.75) is 32.2 Å². The highest BCUT2D eigenvalue weighted by atomic mass is 35.5. The molecule has 1 aromatic heterocycles. The molecule has 1 N–H and O–H groups in total. The van der Waals surface area contributed by atoms with Gasteiger partial charge in [0.05, 0.1) is 36.4 Å². The molecule has 2 aromatic rings. The van der Waals surface area contributed by atoms with Gasteiger partial charge in [0.15, 0.2) is 11.5 Å². The Morgan fingerprint density at radius 1 is 1.12 bits per heavy atom. The minimum absolute atomic E-state index is 0.0432. The van der Waals surface area contributed by atoms with Gasteiger partial charge in [-0.1, -0.05) is 43.0 Å². The van der Waals surface area contributed by atoms with Crippen LogP contribution >= 0.6 is 23.2 Å². The minimum Gasteiger partial charge on any atom is -0.507 e. The molecular formula is C23H24Cl2N2O5. The van der Waals surface area contributed by atoms with E-state index in [9.17, 15) is 14.7 Å². The maximum absolute atomic E-state index is 13.1. The summed E-state index contributed by atoms with van der Waals surface area (Å²) in [5, 5.41) is 11.4. The first-order valence-electron chi connectivity index (χ1n) is 10.2. The fourth-order valence-electron chi connectivity index (χ4n) is 3.83. The molecule has 1 aliphatic heterocycles. The van der Waals surface area contributed by atoms with Gasteiger partial charge >= 0.3 is 0 Å². The largest absolute Gasteiger partial charge is 0.507 e. The van der Waals surface area contributed by atoms with E-state index in [1.807, 2.05) is 0 Å². The van der Waals surface area contributed by atoms with Crippen LogP contribution in [0.15, 0.2) is 36.2 Å². The zero-order chi connectivity index (χ0) is 23.4. The number of Topliss-reactive ketones (excluding diaryl/α,β-unsaturated/α-hetero) is 1. The molecule has 1 amide bonds. The Hall–Kier alpha value is -2.77. The van der Waals surface area contributed by atoms with Crippen molar-refractivity contribution in [1.82, 2.24) is 9.88 Å². The fraction of sp³-hybridized carbons (Fsp3) is 0.348. The normalized spacial score (nSPS) is 17.7. The van der Waals surface area contributed by atoms with Crippen LogP contribution in [0.3, 0.4) is 0 Å². The van der Waals surface area contributed by atoms with Crippen molar-refractivity contribution in [2.24, 2.45) is 0 Å². The lowest BCUT2D eigenvalue weighted by molar-refractivity contribution is -0.139. The van der Waals surface area contributed by atoms with Gasteiger partial charge in [-0.25, -0.2) is 0 Å². The van der Waals surface area contributed by atoms with E-state index < -0.39 is 23.5 Å². The quantitative estimate of drug-likeness (QED) is 0.248. The van der Waals surface area contributed by atoms with Crippen molar-refractivity contribution >= 4 is 40.7 Å². The monoisotopic (exact) mass is 478 g/mol. The molecule has 2 heterocycles. The summed E-state index contributed by atoms with van der Waals surface area (Å²) < 4.78 is 10.6. The number of methoxy groups -OCH3 is 2. The van der Waals surface area contributed by atoms with E-state index in [-0.39, 0.29) is 32.7 Å². The smallest absolute Gasteiger partial charge is 0.295 e. The highest BCUT2D eigenvalue weighted by Gasteiger charge is 2.46. The third-order valence-corrected chi connectivity index (χ3v) is 5.98. The number of ether oxygens (including phenoxy) is 2. The second kappa shape index (κ2) is 10.2. The van der Waals surface area contributed by atoms with Gasteiger partial charge in [0.2, 0.25) is 0 Å². The number of ketones is 1. The number of pyridine rings is 1. The average Bonchev–Trinajstić information content (AvgIpc) is 3.04. The van der Waals surface area contributed by atoms with Crippen molar-refractivity contribution in [3.63, 3.8) is 0 Å². The van der Waals surface area contributed by atoms with Crippen LogP contribution in [0.5, 0.6) is 11.5 Å². The number of aromatic nitrogens is 1. The zero-order valence-electron chi connectivity index (χ0n) is 18.0. The molecule has 9 heteroatoms. The summed E-state index contributed by atoms with van der Waals surface area (Å²) >= 11 is 12.6. The first-order chi connectivity index (χ1) is 15.4. The third kappa shape index (κ3) is 4.27. The zero-order valence-corrected chi connectivity index (χ0v) is 19.5. The van der Waals surface area contributed by atoms with Gasteiger partial charge in [-0.2, -0.15) is 0 Å². The molecule has 1 aromatic carbocycles. The number of unbranched alkanes of at least 4 members (excludes halogenated alkanes) is 2. The van der Waals surface area contributed by atoms with Gasteiger partial charge < -0.3 is 19.5 Å². The van der Waals surface area contributed by atoms with Crippen molar-refractivity contribution in [1.29, 1.82) is 0 Å². The second-order valence-corrected chi connectivity index (χ2v) is 8.05. The molecule has 1 saturated heterocycles. The Bertz CT molecular complexity index is 1060.